The molecule has 0 atom stereocenters. The van der Waals surface area contributed by atoms with Crippen molar-refractivity contribution in [2.75, 3.05) is 63.6 Å². The highest BCUT2D eigenvalue weighted by Gasteiger charge is 2.23. The maximum Gasteiger partial charge on any atom is 0.255 e. The van der Waals surface area contributed by atoms with Gasteiger partial charge in [-0.25, -0.2) is 14.5 Å². The van der Waals surface area contributed by atoms with Crippen LogP contribution in [-0.2, 0) is 6.42 Å². The fourth-order valence-electron chi connectivity index (χ4n) is 6.51. The van der Waals surface area contributed by atoms with Crippen LogP contribution in [0.5, 0.6) is 0 Å². The van der Waals surface area contributed by atoms with E-state index in [2.05, 4.69) is 87.0 Å². The number of benzene rings is 1. The number of amides is 1. The minimum Gasteiger partial charge on any atom is -0.369 e. The van der Waals surface area contributed by atoms with Gasteiger partial charge in [-0.2, -0.15) is 5.10 Å². The van der Waals surface area contributed by atoms with Crippen molar-refractivity contribution in [3.63, 3.8) is 0 Å². The number of carbonyl (C=O) groups excluding carboxylic acids is 1. The minimum absolute atomic E-state index is 0.0577. The highest BCUT2D eigenvalue weighted by Crippen LogP contribution is 2.32. The molecule has 10 heteroatoms. The molecule has 0 saturated carbocycles. The number of rotatable bonds is 6. The summed E-state index contributed by atoms with van der Waals surface area (Å²) in [6.07, 6.45) is 12.6. The minimum atomic E-state index is -0.0577. The lowest BCUT2D eigenvalue weighted by atomic mass is 9.98. The number of nitrogens with one attached hydrogen (secondary N) is 2. The third-order valence-corrected chi connectivity index (χ3v) is 9.23. The Morgan fingerprint density at radius 2 is 1.77 bits per heavy atom. The Balaban J connectivity index is 1.11. The van der Waals surface area contributed by atoms with Gasteiger partial charge in [0.05, 0.1) is 23.0 Å². The molecule has 228 valence electrons. The zero-order valence-corrected chi connectivity index (χ0v) is 25.7. The second kappa shape index (κ2) is 12.4. The molecule has 0 unspecified atom stereocenters. The van der Waals surface area contributed by atoms with E-state index in [9.17, 15) is 4.79 Å². The number of nitrogens with zero attached hydrogens (tertiary/aromatic N) is 7. The van der Waals surface area contributed by atoms with Crippen LogP contribution in [0.15, 0.2) is 61.1 Å². The van der Waals surface area contributed by atoms with Gasteiger partial charge in [0.2, 0.25) is 5.95 Å². The molecule has 1 aromatic carbocycles. The van der Waals surface area contributed by atoms with Crippen LogP contribution in [0, 0.1) is 0 Å². The molecule has 1 amide bonds. The highest BCUT2D eigenvalue weighted by molar-refractivity contribution is 6.01. The van der Waals surface area contributed by atoms with Crippen LogP contribution in [0.2, 0.25) is 0 Å². The van der Waals surface area contributed by atoms with Crippen molar-refractivity contribution in [2.45, 2.75) is 38.1 Å². The van der Waals surface area contributed by atoms with Crippen LogP contribution in [0.4, 0.5) is 17.3 Å². The molecule has 2 saturated heterocycles. The fraction of sp³-hybridized carbons (Fsp3) is 0.412. The summed E-state index contributed by atoms with van der Waals surface area (Å²) in [7, 11) is 4.30. The van der Waals surface area contributed by atoms with E-state index in [-0.39, 0.29) is 11.9 Å². The molecular weight excluding hydrogens is 550 g/mol. The molecule has 3 aliphatic rings. The van der Waals surface area contributed by atoms with Crippen molar-refractivity contribution < 1.29 is 4.79 Å². The summed E-state index contributed by atoms with van der Waals surface area (Å²) >= 11 is 0. The second-order valence-electron chi connectivity index (χ2n) is 12.4. The molecule has 0 bridgehead atoms. The number of pyridine rings is 1. The number of allylic oxidation sites excluding steroid dienone is 1. The maximum absolute atomic E-state index is 13.3. The molecule has 2 N–H and O–H groups in total. The number of hydrogen-bond acceptors (Lipinski definition) is 8. The van der Waals surface area contributed by atoms with Crippen molar-refractivity contribution in [3.8, 4) is 0 Å². The number of aryl methyl sites for hydroxylation is 1. The van der Waals surface area contributed by atoms with E-state index >= 15 is 0 Å². The zero-order chi connectivity index (χ0) is 30.0. The molecule has 5 heterocycles. The molecule has 0 radical (unpaired) electrons. The van der Waals surface area contributed by atoms with E-state index in [4.69, 9.17) is 9.97 Å². The Morgan fingerprint density at radius 3 is 2.61 bits per heavy atom. The maximum atomic E-state index is 13.3. The summed E-state index contributed by atoms with van der Waals surface area (Å²) in [6.45, 7) is 6.20. The molecule has 4 aromatic rings. The average Bonchev–Trinajstić information content (AvgIpc) is 3.35. The number of hydrogen-bond donors (Lipinski definition) is 2. The van der Waals surface area contributed by atoms with E-state index < -0.39 is 0 Å². The van der Waals surface area contributed by atoms with Crippen LogP contribution in [0.1, 0.15) is 52.9 Å². The van der Waals surface area contributed by atoms with Crippen LogP contribution in [0.25, 0.3) is 11.1 Å². The predicted molar refractivity (Wildman–Crippen MR) is 175 cm³/mol. The summed E-state index contributed by atoms with van der Waals surface area (Å²) < 4.78 is 1.78. The molecular formula is C34H41N9O. The van der Waals surface area contributed by atoms with E-state index in [1.165, 1.54) is 5.69 Å². The number of fused-ring (bicyclic) bond motifs is 2. The molecule has 44 heavy (non-hydrogen) atoms. The Bertz CT molecular complexity index is 1680. The summed E-state index contributed by atoms with van der Waals surface area (Å²) in [6, 6.07) is 12.9. The number of carbonyl (C=O) groups is 1. The largest absolute Gasteiger partial charge is 0.369 e. The quantitative estimate of drug-likeness (QED) is 0.345. The molecule has 2 fully saturated rings. The molecule has 3 aromatic heterocycles. The molecule has 1 aliphatic carbocycles. The Kier molecular flexibility index (Phi) is 8.01. The van der Waals surface area contributed by atoms with E-state index in [1.807, 2.05) is 12.4 Å². The van der Waals surface area contributed by atoms with Crippen molar-refractivity contribution in [1.29, 1.82) is 0 Å². The van der Waals surface area contributed by atoms with Gasteiger partial charge >= 0.3 is 0 Å². The first-order valence-corrected chi connectivity index (χ1v) is 15.8. The number of piperazine rings is 1. The number of aromatic nitrogens is 4. The predicted octanol–water partition coefficient (Wildman–Crippen LogP) is 4.21. The van der Waals surface area contributed by atoms with Gasteiger partial charge in [0, 0.05) is 61.6 Å². The zero-order valence-electron chi connectivity index (χ0n) is 25.7. The summed E-state index contributed by atoms with van der Waals surface area (Å²) in [4.78, 5) is 30.2. The normalized spacial score (nSPS) is 18.5. The van der Waals surface area contributed by atoms with Crippen molar-refractivity contribution in [1.82, 2.24) is 34.7 Å². The van der Waals surface area contributed by atoms with Crippen LogP contribution in [0.3, 0.4) is 0 Å². The van der Waals surface area contributed by atoms with Crippen molar-refractivity contribution >= 4 is 34.3 Å². The standard InChI is InChI=1S/C34H41N9O/c1-40-13-11-25(12-14-40)37-33(44)30-23-36-43-15-10-24(20-32(30)43)28-8-3-4-9-31-29(28)22-35-34(39-31)38-26-6-5-7-27(21-26)42-18-16-41(2)17-19-42/h5-8,10,15,20-23,25H,3-4,9,11-14,16-19H2,1-2H3,(H,37,44)(H,35,38,39). The van der Waals surface area contributed by atoms with E-state index in [0.717, 1.165) is 105 Å². The second-order valence-corrected chi connectivity index (χ2v) is 12.4. The van der Waals surface area contributed by atoms with Gasteiger partial charge < -0.3 is 25.3 Å². The van der Waals surface area contributed by atoms with Gasteiger partial charge in [-0.1, -0.05) is 12.1 Å². The SMILES string of the molecule is CN1CCC(NC(=O)c2cnn3ccc(C4=CCCCc5nc(Nc6cccc(N7CCN(C)CC7)c6)ncc54)cc23)CC1. The third-order valence-electron chi connectivity index (χ3n) is 9.23. The van der Waals surface area contributed by atoms with Gasteiger partial charge in [-0.15, -0.1) is 0 Å². The number of piperidine rings is 1. The molecule has 0 spiro atoms. The van der Waals surface area contributed by atoms with E-state index in [0.29, 0.717) is 11.5 Å². The monoisotopic (exact) mass is 591 g/mol. The summed E-state index contributed by atoms with van der Waals surface area (Å²) in [5, 5.41) is 11.2. The third kappa shape index (κ3) is 6.05. The molecule has 10 nitrogen and oxygen atoms in total. The van der Waals surface area contributed by atoms with Gasteiger partial charge in [-0.3, -0.25) is 4.79 Å². The van der Waals surface area contributed by atoms with Gasteiger partial charge in [-0.05, 0) is 101 Å². The summed E-state index contributed by atoms with van der Waals surface area (Å²) in [5.41, 5.74) is 7.84. The van der Waals surface area contributed by atoms with Crippen molar-refractivity contribution in [2.24, 2.45) is 0 Å². The lowest BCUT2D eigenvalue weighted by Gasteiger charge is -2.34. The number of likely N-dealkylation sites (tertiary alicyclic amines) is 1. The van der Waals surface area contributed by atoms with Crippen LogP contribution in [-0.4, -0.2) is 94.7 Å². The topological polar surface area (TPSA) is 93.9 Å². The first-order valence-electron chi connectivity index (χ1n) is 15.8. The van der Waals surface area contributed by atoms with Crippen LogP contribution < -0.4 is 15.5 Å². The highest BCUT2D eigenvalue weighted by atomic mass is 16.1. The van der Waals surface area contributed by atoms with Crippen LogP contribution >= 0.6 is 0 Å². The molecule has 2 aliphatic heterocycles. The lowest BCUT2D eigenvalue weighted by Crippen LogP contribution is -2.44. The average molecular weight is 592 g/mol. The number of likely N-dealkylation sites (N-methyl/N-ethyl adjacent to an activating group) is 1. The van der Waals surface area contributed by atoms with Gasteiger partial charge in [0.15, 0.2) is 0 Å². The fourth-order valence-corrected chi connectivity index (χ4v) is 6.51. The first kappa shape index (κ1) is 28.5. The van der Waals surface area contributed by atoms with Gasteiger partial charge in [0.25, 0.3) is 5.91 Å². The van der Waals surface area contributed by atoms with E-state index in [1.54, 1.807) is 10.7 Å². The first-order chi connectivity index (χ1) is 21.5. The van der Waals surface area contributed by atoms with Crippen molar-refractivity contribution in [3.05, 3.63) is 83.4 Å². The Labute approximate surface area is 258 Å². The Hall–Kier alpha value is -4.28. The Morgan fingerprint density at radius 1 is 0.955 bits per heavy atom. The summed E-state index contributed by atoms with van der Waals surface area (Å²) in [5.74, 6) is 0.553. The molecule has 7 rings (SSSR count). The lowest BCUT2D eigenvalue weighted by molar-refractivity contribution is 0.0918. The smallest absolute Gasteiger partial charge is 0.255 e. The van der Waals surface area contributed by atoms with Gasteiger partial charge in [0.1, 0.15) is 0 Å². The number of anilines is 3.